The topological polar surface area (TPSA) is 91.5 Å². The standard InChI is InChI=1S/C18H26N4O3/c1-2-16(23)19-17(13-6-4-3-5-7-13)18(24)25-11-12-8-9-14-15(10-12)21-22-20-14/h3-7,12,14-15,17,20-22H,2,8-11H2,1H3,(H,19,23). The predicted octanol–water partition coefficient (Wildman–Crippen LogP) is 0.947. The summed E-state index contributed by atoms with van der Waals surface area (Å²) in [6, 6.07) is 9.28. The molecule has 7 heteroatoms. The first-order valence-corrected chi connectivity index (χ1v) is 8.94. The molecule has 1 aliphatic heterocycles. The van der Waals surface area contributed by atoms with Crippen molar-refractivity contribution in [2.24, 2.45) is 5.92 Å². The van der Waals surface area contributed by atoms with Crippen LogP contribution in [0.25, 0.3) is 0 Å². The monoisotopic (exact) mass is 346 g/mol. The fourth-order valence-corrected chi connectivity index (χ4v) is 3.44. The maximum atomic E-state index is 12.6. The number of nitrogens with one attached hydrogen (secondary N) is 4. The molecule has 0 bridgehead atoms. The van der Waals surface area contributed by atoms with E-state index >= 15 is 0 Å². The lowest BCUT2D eigenvalue weighted by Crippen LogP contribution is -2.41. The van der Waals surface area contributed by atoms with E-state index in [4.69, 9.17) is 4.74 Å². The first-order valence-electron chi connectivity index (χ1n) is 8.94. The van der Waals surface area contributed by atoms with Gasteiger partial charge in [-0.2, -0.15) is 5.53 Å². The third-order valence-corrected chi connectivity index (χ3v) is 4.93. The Morgan fingerprint density at radius 1 is 1.20 bits per heavy atom. The average Bonchev–Trinajstić information content (AvgIpc) is 3.12. The van der Waals surface area contributed by atoms with Crippen LogP contribution < -0.4 is 21.7 Å². The van der Waals surface area contributed by atoms with Crippen LogP contribution in [0.15, 0.2) is 30.3 Å². The van der Waals surface area contributed by atoms with Crippen molar-refractivity contribution < 1.29 is 14.3 Å². The van der Waals surface area contributed by atoms with Crippen molar-refractivity contribution >= 4 is 11.9 Å². The summed E-state index contributed by atoms with van der Waals surface area (Å²) in [6.07, 6.45) is 3.34. The van der Waals surface area contributed by atoms with Crippen LogP contribution in [-0.2, 0) is 14.3 Å². The first-order chi connectivity index (χ1) is 12.2. The molecule has 1 aliphatic carbocycles. The Hall–Kier alpha value is -1.96. The Labute approximate surface area is 147 Å². The molecule has 0 radical (unpaired) electrons. The summed E-state index contributed by atoms with van der Waals surface area (Å²) in [5.41, 5.74) is 10.1. The fourth-order valence-electron chi connectivity index (χ4n) is 3.44. The zero-order valence-corrected chi connectivity index (χ0v) is 14.5. The second-order valence-electron chi connectivity index (χ2n) is 6.70. The number of rotatable bonds is 6. The molecule has 0 spiro atoms. The highest BCUT2D eigenvalue weighted by Crippen LogP contribution is 2.26. The second-order valence-corrected chi connectivity index (χ2v) is 6.70. The molecule has 136 valence electrons. The molecule has 4 N–H and O–H groups in total. The summed E-state index contributed by atoms with van der Waals surface area (Å²) in [5.74, 6) is -0.234. The molecule has 1 amide bonds. The van der Waals surface area contributed by atoms with Crippen molar-refractivity contribution in [1.29, 1.82) is 0 Å². The van der Waals surface area contributed by atoms with E-state index in [1.165, 1.54) is 0 Å². The zero-order valence-electron chi connectivity index (χ0n) is 14.5. The van der Waals surface area contributed by atoms with Gasteiger partial charge in [-0.05, 0) is 30.7 Å². The van der Waals surface area contributed by atoms with Gasteiger partial charge in [0.2, 0.25) is 5.91 Å². The molecule has 4 unspecified atom stereocenters. The maximum absolute atomic E-state index is 12.6. The molecule has 2 aliphatic rings. The predicted molar refractivity (Wildman–Crippen MR) is 92.9 cm³/mol. The van der Waals surface area contributed by atoms with E-state index in [0.717, 1.165) is 24.8 Å². The number of fused-ring (bicyclic) bond motifs is 1. The van der Waals surface area contributed by atoms with E-state index in [9.17, 15) is 9.59 Å². The minimum atomic E-state index is -0.752. The Morgan fingerprint density at radius 2 is 1.96 bits per heavy atom. The molecule has 2 fully saturated rings. The maximum Gasteiger partial charge on any atom is 0.333 e. The number of esters is 1. The van der Waals surface area contributed by atoms with Crippen LogP contribution in [0.3, 0.4) is 0 Å². The molecule has 25 heavy (non-hydrogen) atoms. The van der Waals surface area contributed by atoms with Crippen molar-refractivity contribution in [3.8, 4) is 0 Å². The van der Waals surface area contributed by atoms with Crippen LogP contribution in [-0.4, -0.2) is 30.6 Å². The number of hydrogen-bond acceptors (Lipinski definition) is 6. The molecule has 1 saturated carbocycles. The van der Waals surface area contributed by atoms with Gasteiger partial charge in [0.1, 0.15) is 0 Å². The number of hydrazine groups is 2. The lowest BCUT2D eigenvalue weighted by atomic mass is 9.83. The minimum Gasteiger partial charge on any atom is -0.464 e. The van der Waals surface area contributed by atoms with E-state index in [1.807, 2.05) is 30.3 Å². The number of hydrogen-bond donors (Lipinski definition) is 4. The van der Waals surface area contributed by atoms with Crippen molar-refractivity contribution in [3.63, 3.8) is 0 Å². The molecule has 1 aromatic carbocycles. The van der Waals surface area contributed by atoms with Gasteiger partial charge in [-0.1, -0.05) is 37.3 Å². The largest absolute Gasteiger partial charge is 0.464 e. The fraction of sp³-hybridized carbons (Fsp3) is 0.556. The number of carbonyl (C=O) groups is 2. The van der Waals surface area contributed by atoms with Gasteiger partial charge in [0.15, 0.2) is 6.04 Å². The highest BCUT2D eigenvalue weighted by molar-refractivity contribution is 5.85. The third kappa shape index (κ3) is 4.56. The normalized spacial score (nSPS) is 26.5. The first kappa shape index (κ1) is 17.8. The summed E-state index contributed by atoms with van der Waals surface area (Å²) >= 11 is 0. The zero-order chi connectivity index (χ0) is 17.6. The van der Waals surface area contributed by atoms with Crippen molar-refractivity contribution in [2.75, 3.05) is 6.61 Å². The molecular formula is C18H26N4O3. The van der Waals surface area contributed by atoms with E-state index < -0.39 is 12.0 Å². The molecule has 7 nitrogen and oxygen atoms in total. The quantitative estimate of drug-likeness (QED) is 0.573. The highest BCUT2D eigenvalue weighted by Gasteiger charge is 2.34. The number of carbonyl (C=O) groups excluding carboxylic acids is 2. The number of amides is 1. The van der Waals surface area contributed by atoms with E-state index in [-0.39, 0.29) is 5.91 Å². The lowest BCUT2D eigenvalue weighted by Gasteiger charge is -2.30. The van der Waals surface area contributed by atoms with Crippen LogP contribution in [0.4, 0.5) is 0 Å². The SMILES string of the molecule is CCC(=O)NC(C(=O)OCC1CCC2NNNC2C1)c1ccccc1. The van der Waals surface area contributed by atoms with Gasteiger partial charge in [0.25, 0.3) is 0 Å². The van der Waals surface area contributed by atoms with Gasteiger partial charge in [-0.25, -0.2) is 15.6 Å². The summed E-state index contributed by atoms with van der Waals surface area (Å²) in [7, 11) is 0. The van der Waals surface area contributed by atoms with Gasteiger partial charge in [-0.3, -0.25) is 4.79 Å². The molecule has 1 aromatic rings. The van der Waals surface area contributed by atoms with Gasteiger partial charge < -0.3 is 10.1 Å². The molecule has 0 aromatic heterocycles. The van der Waals surface area contributed by atoms with Gasteiger partial charge in [-0.15, -0.1) is 0 Å². The summed E-state index contributed by atoms with van der Waals surface area (Å²) in [4.78, 5) is 24.4. The second kappa shape index (κ2) is 8.42. The number of ether oxygens (including phenoxy) is 1. The van der Waals surface area contributed by atoms with Gasteiger partial charge in [0, 0.05) is 18.5 Å². The lowest BCUT2D eigenvalue weighted by molar-refractivity contribution is -0.149. The minimum absolute atomic E-state index is 0.168. The Balaban J connectivity index is 1.57. The van der Waals surface area contributed by atoms with Crippen LogP contribution in [0.5, 0.6) is 0 Å². The molecule has 3 rings (SSSR count). The Bertz CT molecular complexity index is 595. The van der Waals surface area contributed by atoms with E-state index in [2.05, 4.69) is 21.7 Å². The van der Waals surface area contributed by atoms with Crippen LogP contribution in [0.1, 0.15) is 44.2 Å². The smallest absolute Gasteiger partial charge is 0.333 e. The molecule has 4 atom stereocenters. The Morgan fingerprint density at radius 3 is 2.72 bits per heavy atom. The van der Waals surface area contributed by atoms with E-state index in [1.54, 1.807) is 6.92 Å². The molecule has 1 heterocycles. The van der Waals surface area contributed by atoms with Crippen LogP contribution in [0.2, 0.25) is 0 Å². The summed E-state index contributed by atoms with van der Waals surface area (Å²) < 4.78 is 5.57. The van der Waals surface area contributed by atoms with Crippen molar-refractivity contribution in [2.45, 2.75) is 50.7 Å². The van der Waals surface area contributed by atoms with E-state index in [0.29, 0.717) is 31.0 Å². The summed E-state index contributed by atoms with van der Waals surface area (Å²) in [5, 5.41) is 2.76. The van der Waals surface area contributed by atoms with Crippen LogP contribution in [0, 0.1) is 5.92 Å². The molecular weight excluding hydrogens is 320 g/mol. The van der Waals surface area contributed by atoms with Crippen molar-refractivity contribution in [3.05, 3.63) is 35.9 Å². The number of benzene rings is 1. The average molecular weight is 346 g/mol. The summed E-state index contributed by atoms with van der Waals surface area (Å²) in [6.45, 7) is 2.15. The van der Waals surface area contributed by atoms with Gasteiger partial charge >= 0.3 is 5.97 Å². The van der Waals surface area contributed by atoms with Crippen molar-refractivity contribution in [1.82, 2.24) is 21.7 Å². The van der Waals surface area contributed by atoms with Gasteiger partial charge in [0.05, 0.1) is 6.61 Å². The Kier molecular flexibility index (Phi) is 6.01. The third-order valence-electron chi connectivity index (χ3n) is 4.93. The highest BCUT2D eigenvalue weighted by atomic mass is 16.5. The molecule has 1 saturated heterocycles. The van der Waals surface area contributed by atoms with Crippen LogP contribution >= 0.6 is 0 Å².